The average molecular weight is 271 g/mol. The van der Waals surface area contributed by atoms with E-state index >= 15 is 0 Å². The summed E-state index contributed by atoms with van der Waals surface area (Å²) in [6, 6.07) is 4.26. The van der Waals surface area contributed by atoms with Gasteiger partial charge in [-0.15, -0.1) is 0 Å². The molecule has 0 spiro atoms. The lowest BCUT2D eigenvalue weighted by Gasteiger charge is -2.27. The van der Waals surface area contributed by atoms with Crippen LogP contribution in [0.25, 0.3) is 0 Å². The van der Waals surface area contributed by atoms with Crippen molar-refractivity contribution < 1.29 is 9.18 Å². The van der Waals surface area contributed by atoms with E-state index in [0.29, 0.717) is 12.5 Å². The van der Waals surface area contributed by atoms with E-state index in [1.807, 2.05) is 0 Å². The highest BCUT2D eigenvalue weighted by Gasteiger charge is 2.35. The Morgan fingerprint density at radius 2 is 2.28 bits per heavy atom. The summed E-state index contributed by atoms with van der Waals surface area (Å²) in [6.07, 6.45) is 2.19. The topological polar surface area (TPSA) is 46.3 Å². The van der Waals surface area contributed by atoms with Gasteiger partial charge in [0.1, 0.15) is 5.82 Å². The fraction of sp³-hybridized carbons (Fsp3) is 0.462. The van der Waals surface area contributed by atoms with E-state index in [0.717, 1.165) is 12.8 Å². The van der Waals surface area contributed by atoms with Crippen LogP contribution >= 0.6 is 11.6 Å². The summed E-state index contributed by atoms with van der Waals surface area (Å²) < 4.78 is 13.3. The van der Waals surface area contributed by atoms with Gasteiger partial charge in [0.05, 0.1) is 10.6 Å². The predicted molar refractivity (Wildman–Crippen MR) is 69.1 cm³/mol. The number of rotatable bonds is 4. The molecule has 1 aliphatic carbocycles. The predicted octanol–water partition coefficient (Wildman–Crippen LogP) is 2.29. The van der Waals surface area contributed by atoms with E-state index < -0.39 is 5.82 Å². The van der Waals surface area contributed by atoms with Crippen LogP contribution in [0.4, 0.5) is 4.39 Å². The SMILES string of the molecule is CN(C(=O)c1cccc(F)c1Cl)C(CN)C1CC1. The molecule has 1 saturated carbocycles. The van der Waals surface area contributed by atoms with E-state index in [1.165, 1.54) is 18.2 Å². The molecule has 98 valence electrons. The Labute approximate surface area is 111 Å². The Kier molecular flexibility index (Phi) is 3.88. The molecule has 2 rings (SSSR count). The maximum absolute atomic E-state index is 13.3. The summed E-state index contributed by atoms with van der Waals surface area (Å²) >= 11 is 5.82. The van der Waals surface area contributed by atoms with Crippen LogP contribution < -0.4 is 5.73 Å². The number of hydrogen-bond donors (Lipinski definition) is 1. The first-order valence-electron chi connectivity index (χ1n) is 5.97. The van der Waals surface area contributed by atoms with Gasteiger partial charge in [-0.05, 0) is 30.9 Å². The van der Waals surface area contributed by atoms with Crippen LogP contribution in [-0.4, -0.2) is 30.4 Å². The summed E-state index contributed by atoms with van der Waals surface area (Å²) in [4.78, 5) is 13.9. The third kappa shape index (κ3) is 2.49. The van der Waals surface area contributed by atoms with Crippen molar-refractivity contribution in [2.75, 3.05) is 13.6 Å². The molecule has 0 saturated heterocycles. The molecule has 2 N–H and O–H groups in total. The number of nitrogens with two attached hydrogens (primary N) is 1. The highest BCUT2D eigenvalue weighted by molar-refractivity contribution is 6.34. The van der Waals surface area contributed by atoms with Gasteiger partial charge in [-0.2, -0.15) is 0 Å². The summed E-state index contributed by atoms with van der Waals surface area (Å²) in [6.45, 7) is 0.417. The number of hydrogen-bond acceptors (Lipinski definition) is 2. The molecule has 0 bridgehead atoms. The fourth-order valence-corrected chi connectivity index (χ4v) is 2.36. The van der Waals surface area contributed by atoms with Crippen LogP contribution in [0.3, 0.4) is 0 Å². The van der Waals surface area contributed by atoms with Crippen molar-refractivity contribution in [1.29, 1.82) is 0 Å². The van der Waals surface area contributed by atoms with Crippen LogP contribution in [0.1, 0.15) is 23.2 Å². The molecule has 1 amide bonds. The summed E-state index contributed by atoms with van der Waals surface area (Å²) in [5.74, 6) is -0.384. The molecule has 1 aromatic rings. The number of nitrogens with zero attached hydrogens (tertiary/aromatic N) is 1. The third-order valence-electron chi connectivity index (χ3n) is 3.41. The molecular formula is C13H16ClFN2O. The van der Waals surface area contributed by atoms with Gasteiger partial charge in [-0.1, -0.05) is 17.7 Å². The first-order chi connectivity index (χ1) is 8.56. The molecule has 1 fully saturated rings. The first-order valence-corrected chi connectivity index (χ1v) is 6.35. The van der Waals surface area contributed by atoms with Gasteiger partial charge in [-0.3, -0.25) is 4.79 Å². The Bertz CT molecular complexity index is 462. The quantitative estimate of drug-likeness (QED) is 0.912. The maximum Gasteiger partial charge on any atom is 0.255 e. The zero-order valence-corrected chi connectivity index (χ0v) is 11.0. The van der Waals surface area contributed by atoms with Crippen LogP contribution in [-0.2, 0) is 0 Å². The minimum Gasteiger partial charge on any atom is -0.337 e. The Morgan fingerprint density at radius 3 is 2.83 bits per heavy atom. The van der Waals surface area contributed by atoms with Gasteiger partial charge in [0.15, 0.2) is 0 Å². The summed E-state index contributed by atoms with van der Waals surface area (Å²) in [5, 5.41) is -0.124. The Balaban J connectivity index is 2.22. The number of amides is 1. The summed E-state index contributed by atoms with van der Waals surface area (Å²) in [7, 11) is 1.69. The number of carbonyl (C=O) groups is 1. The number of halogens is 2. The lowest BCUT2D eigenvalue weighted by molar-refractivity contribution is 0.0718. The molecule has 1 aliphatic rings. The molecule has 1 aromatic carbocycles. The second kappa shape index (κ2) is 5.24. The largest absolute Gasteiger partial charge is 0.337 e. The van der Waals surface area contributed by atoms with Crippen molar-refractivity contribution in [3.8, 4) is 0 Å². The molecule has 1 unspecified atom stereocenters. The molecule has 5 heteroatoms. The van der Waals surface area contributed by atoms with Gasteiger partial charge in [-0.25, -0.2) is 4.39 Å². The fourth-order valence-electron chi connectivity index (χ4n) is 2.16. The highest BCUT2D eigenvalue weighted by Crippen LogP contribution is 2.35. The van der Waals surface area contributed by atoms with Gasteiger partial charge >= 0.3 is 0 Å². The van der Waals surface area contributed by atoms with E-state index in [4.69, 9.17) is 17.3 Å². The van der Waals surface area contributed by atoms with E-state index in [2.05, 4.69) is 0 Å². The standard InChI is InChI=1S/C13H16ClFN2O/c1-17(11(7-16)8-5-6-8)13(18)9-3-2-4-10(15)12(9)14/h2-4,8,11H,5-7,16H2,1H3. The van der Waals surface area contributed by atoms with Crippen molar-refractivity contribution in [1.82, 2.24) is 4.90 Å². The van der Waals surface area contributed by atoms with Gasteiger partial charge in [0.25, 0.3) is 5.91 Å². The monoisotopic (exact) mass is 270 g/mol. The Hall–Kier alpha value is -1.13. The van der Waals surface area contributed by atoms with Crippen molar-refractivity contribution in [3.63, 3.8) is 0 Å². The second-order valence-electron chi connectivity index (χ2n) is 4.66. The molecule has 0 heterocycles. The van der Waals surface area contributed by atoms with Crippen LogP contribution in [0.15, 0.2) is 18.2 Å². The normalized spacial score (nSPS) is 16.4. The number of benzene rings is 1. The van der Waals surface area contributed by atoms with Crippen molar-refractivity contribution in [3.05, 3.63) is 34.6 Å². The van der Waals surface area contributed by atoms with E-state index in [-0.39, 0.29) is 22.5 Å². The number of likely N-dealkylation sites (N-methyl/N-ethyl adjacent to an activating group) is 1. The molecular weight excluding hydrogens is 255 g/mol. The van der Waals surface area contributed by atoms with E-state index in [9.17, 15) is 9.18 Å². The summed E-state index contributed by atoms with van der Waals surface area (Å²) in [5.41, 5.74) is 5.89. The molecule has 18 heavy (non-hydrogen) atoms. The molecule has 1 atom stereocenters. The molecule has 0 radical (unpaired) electrons. The zero-order chi connectivity index (χ0) is 13.3. The Morgan fingerprint density at radius 1 is 1.61 bits per heavy atom. The van der Waals surface area contributed by atoms with Gasteiger partial charge in [0.2, 0.25) is 0 Å². The molecule has 3 nitrogen and oxygen atoms in total. The van der Waals surface area contributed by atoms with Crippen LogP contribution in [0.2, 0.25) is 5.02 Å². The average Bonchev–Trinajstić information content (AvgIpc) is 3.17. The maximum atomic E-state index is 13.3. The lowest BCUT2D eigenvalue weighted by atomic mass is 10.1. The third-order valence-corrected chi connectivity index (χ3v) is 3.79. The minimum absolute atomic E-state index is 0.0110. The number of carbonyl (C=O) groups excluding carboxylic acids is 1. The van der Waals surface area contributed by atoms with E-state index in [1.54, 1.807) is 11.9 Å². The van der Waals surface area contributed by atoms with Crippen molar-refractivity contribution in [2.45, 2.75) is 18.9 Å². The molecule has 0 aliphatic heterocycles. The molecule has 0 aromatic heterocycles. The van der Waals surface area contributed by atoms with Crippen molar-refractivity contribution >= 4 is 17.5 Å². The second-order valence-corrected chi connectivity index (χ2v) is 5.04. The van der Waals surface area contributed by atoms with Crippen LogP contribution in [0, 0.1) is 11.7 Å². The van der Waals surface area contributed by atoms with Crippen LogP contribution in [0.5, 0.6) is 0 Å². The lowest BCUT2D eigenvalue weighted by Crippen LogP contribution is -2.43. The zero-order valence-electron chi connectivity index (χ0n) is 10.2. The van der Waals surface area contributed by atoms with Gasteiger partial charge < -0.3 is 10.6 Å². The van der Waals surface area contributed by atoms with Crippen molar-refractivity contribution in [2.24, 2.45) is 11.7 Å². The van der Waals surface area contributed by atoms with Gasteiger partial charge in [0, 0.05) is 19.6 Å². The minimum atomic E-state index is -0.577. The first kappa shape index (κ1) is 13.3. The highest BCUT2D eigenvalue weighted by atomic mass is 35.5. The smallest absolute Gasteiger partial charge is 0.255 e.